The van der Waals surface area contributed by atoms with Crippen LogP contribution in [0.3, 0.4) is 0 Å². The first-order valence-electron chi connectivity index (χ1n) is 9.92. The summed E-state index contributed by atoms with van der Waals surface area (Å²) in [5.74, 6) is 0.726. The van der Waals surface area contributed by atoms with Crippen molar-refractivity contribution < 1.29 is 9.53 Å². The van der Waals surface area contributed by atoms with E-state index in [1.807, 2.05) is 24.0 Å². The second kappa shape index (κ2) is 6.24. The maximum atomic E-state index is 13.1. The predicted molar refractivity (Wildman–Crippen MR) is 103 cm³/mol. The van der Waals surface area contributed by atoms with Crippen molar-refractivity contribution in [2.24, 2.45) is 5.41 Å². The second-order valence-corrected chi connectivity index (χ2v) is 8.65. The van der Waals surface area contributed by atoms with Gasteiger partial charge >= 0.3 is 0 Å². The predicted octanol–water partition coefficient (Wildman–Crippen LogP) is 1.67. The first-order chi connectivity index (χ1) is 13.5. The lowest BCUT2D eigenvalue weighted by Gasteiger charge is -2.46. The molecule has 5 rings (SSSR count). The lowest BCUT2D eigenvalue weighted by Crippen LogP contribution is -2.57. The number of H-pyrrole nitrogens is 1. The maximum Gasteiger partial charge on any atom is 0.254 e. The molecule has 1 unspecified atom stereocenters. The van der Waals surface area contributed by atoms with Crippen LogP contribution in [0.15, 0.2) is 29.3 Å². The van der Waals surface area contributed by atoms with Gasteiger partial charge in [0.05, 0.1) is 24.3 Å². The molecule has 1 atom stereocenters. The minimum Gasteiger partial charge on any atom is -0.379 e. The van der Waals surface area contributed by atoms with Gasteiger partial charge in [0.2, 0.25) is 5.91 Å². The van der Waals surface area contributed by atoms with Gasteiger partial charge in [0.25, 0.3) is 5.56 Å². The largest absolute Gasteiger partial charge is 0.379 e. The van der Waals surface area contributed by atoms with Crippen LogP contribution in [-0.4, -0.2) is 52.1 Å². The van der Waals surface area contributed by atoms with Gasteiger partial charge in [0, 0.05) is 42.0 Å². The molecular weight excluding hydrogens is 356 g/mol. The normalized spacial score (nSPS) is 25.4. The number of likely N-dealkylation sites (tertiary alicyclic amines) is 1. The van der Waals surface area contributed by atoms with Crippen LogP contribution in [0.2, 0.25) is 0 Å². The fraction of sp³-hybridized carbons (Fsp3) is 0.524. The van der Waals surface area contributed by atoms with Crippen molar-refractivity contribution >= 4 is 5.91 Å². The molecule has 0 bridgehead atoms. The SMILES string of the molecule is CC1(C(=O)N2CCCC3(CCc4c3nc(-c3cccnc3)[nH]c4=O)C2)COC1. The van der Waals surface area contributed by atoms with Crippen molar-refractivity contribution in [1.29, 1.82) is 0 Å². The Morgan fingerprint density at radius 2 is 2.18 bits per heavy atom. The van der Waals surface area contributed by atoms with E-state index in [2.05, 4.69) is 9.97 Å². The Morgan fingerprint density at radius 1 is 1.32 bits per heavy atom. The molecule has 4 heterocycles. The summed E-state index contributed by atoms with van der Waals surface area (Å²) in [5, 5.41) is 0. The first kappa shape index (κ1) is 17.6. The molecule has 0 aromatic carbocycles. The number of nitrogens with one attached hydrogen (secondary N) is 1. The topological polar surface area (TPSA) is 88.2 Å². The molecule has 2 saturated heterocycles. The van der Waals surface area contributed by atoms with E-state index in [1.165, 1.54) is 0 Å². The summed E-state index contributed by atoms with van der Waals surface area (Å²) in [4.78, 5) is 39.7. The van der Waals surface area contributed by atoms with Gasteiger partial charge in [-0.25, -0.2) is 4.98 Å². The average Bonchev–Trinajstić information content (AvgIpc) is 3.04. The number of pyridine rings is 1. The van der Waals surface area contributed by atoms with Gasteiger partial charge in [0.1, 0.15) is 5.82 Å². The average molecular weight is 380 g/mol. The number of piperidine rings is 1. The number of rotatable bonds is 2. The van der Waals surface area contributed by atoms with Gasteiger partial charge in [-0.2, -0.15) is 0 Å². The molecule has 2 aromatic rings. The fourth-order valence-corrected chi connectivity index (χ4v) is 4.91. The molecule has 1 N–H and O–H groups in total. The third-order valence-corrected chi connectivity index (χ3v) is 6.53. The van der Waals surface area contributed by atoms with Crippen molar-refractivity contribution in [3.8, 4) is 11.4 Å². The molecule has 7 nitrogen and oxygen atoms in total. The summed E-state index contributed by atoms with van der Waals surface area (Å²) < 4.78 is 5.29. The first-order valence-corrected chi connectivity index (χ1v) is 9.92. The summed E-state index contributed by atoms with van der Waals surface area (Å²) in [7, 11) is 0. The van der Waals surface area contributed by atoms with E-state index in [4.69, 9.17) is 9.72 Å². The van der Waals surface area contributed by atoms with E-state index in [0.29, 0.717) is 32.0 Å². The highest BCUT2D eigenvalue weighted by molar-refractivity contribution is 5.83. The lowest BCUT2D eigenvalue weighted by molar-refractivity contribution is -0.170. The summed E-state index contributed by atoms with van der Waals surface area (Å²) >= 11 is 0. The van der Waals surface area contributed by atoms with Gasteiger partial charge in [-0.3, -0.25) is 14.6 Å². The van der Waals surface area contributed by atoms with Crippen molar-refractivity contribution in [2.75, 3.05) is 26.3 Å². The molecule has 0 saturated carbocycles. The summed E-state index contributed by atoms with van der Waals surface area (Å²) in [6, 6.07) is 3.73. The highest BCUT2D eigenvalue weighted by Gasteiger charge is 2.50. The van der Waals surface area contributed by atoms with E-state index in [-0.39, 0.29) is 16.9 Å². The quantitative estimate of drug-likeness (QED) is 0.856. The summed E-state index contributed by atoms with van der Waals surface area (Å²) in [5.41, 5.74) is 1.76. The van der Waals surface area contributed by atoms with E-state index in [0.717, 1.165) is 42.6 Å². The van der Waals surface area contributed by atoms with Gasteiger partial charge in [0.15, 0.2) is 0 Å². The van der Waals surface area contributed by atoms with E-state index in [1.54, 1.807) is 12.4 Å². The summed E-state index contributed by atoms with van der Waals surface area (Å²) in [6.07, 6.45) is 6.88. The van der Waals surface area contributed by atoms with Crippen LogP contribution in [0.1, 0.15) is 37.4 Å². The molecule has 1 aliphatic carbocycles. The number of fused-ring (bicyclic) bond motifs is 2. The Kier molecular flexibility index (Phi) is 3.91. The van der Waals surface area contributed by atoms with Gasteiger partial charge in [-0.1, -0.05) is 0 Å². The van der Waals surface area contributed by atoms with E-state index in [9.17, 15) is 9.59 Å². The van der Waals surface area contributed by atoms with Crippen molar-refractivity contribution in [1.82, 2.24) is 19.9 Å². The number of hydrogen-bond acceptors (Lipinski definition) is 5. The molecule has 2 fully saturated rings. The lowest BCUT2D eigenvalue weighted by atomic mass is 9.76. The Balaban J connectivity index is 1.52. The Hall–Kier alpha value is -2.54. The summed E-state index contributed by atoms with van der Waals surface area (Å²) in [6.45, 7) is 4.37. The molecule has 2 aliphatic heterocycles. The minimum absolute atomic E-state index is 0.0662. The van der Waals surface area contributed by atoms with Crippen LogP contribution in [-0.2, 0) is 21.4 Å². The third kappa shape index (κ3) is 2.60. The molecule has 0 radical (unpaired) electrons. The molecule has 1 amide bonds. The molecular formula is C21H24N4O3. The van der Waals surface area contributed by atoms with Gasteiger partial charge in [-0.05, 0) is 44.7 Å². The fourth-order valence-electron chi connectivity index (χ4n) is 4.91. The number of amides is 1. The minimum atomic E-state index is -0.400. The third-order valence-electron chi connectivity index (χ3n) is 6.53. The van der Waals surface area contributed by atoms with E-state index >= 15 is 0 Å². The Bertz CT molecular complexity index is 983. The van der Waals surface area contributed by atoms with Crippen LogP contribution in [0.4, 0.5) is 0 Å². The van der Waals surface area contributed by atoms with Crippen LogP contribution < -0.4 is 5.56 Å². The smallest absolute Gasteiger partial charge is 0.254 e. The number of nitrogens with zero attached hydrogens (tertiary/aromatic N) is 3. The number of carbonyl (C=O) groups excluding carboxylic acids is 1. The molecule has 146 valence electrons. The zero-order valence-corrected chi connectivity index (χ0v) is 16.0. The van der Waals surface area contributed by atoms with Crippen LogP contribution in [0.25, 0.3) is 11.4 Å². The number of carbonyl (C=O) groups is 1. The number of ether oxygens (including phenoxy) is 1. The molecule has 7 heteroatoms. The number of hydrogen-bond donors (Lipinski definition) is 1. The zero-order valence-electron chi connectivity index (χ0n) is 16.0. The highest BCUT2D eigenvalue weighted by Crippen LogP contribution is 2.44. The van der Waals surface area contributed by atoms with Crippen LogP contribution >= 0.6 is 0 Å². The number of aromatic nitrogens is 3. The van der Waals surface area contributed by atoms with Crippen molar-refractivity contribution in [2.45, 2.75) is 38.0 Å². The van der Waals surface area contributed by atoms with Crippen LogP contribution in [0.5, 0.6) is 0 Å². The highest BCUT2D eigenvalue weighted by atomic mass is 16.5. The zero-order chi connectivity index (χ0) is 19.4. The molecule has 1 spiro atoms. The second-order valence-electron chi connectivity index (χ2n) is 8.65. The van der Waals surface area contributed by atoms with Gasteiger partial charge < -0.3 is 14.6 Å². The van der Waals surface area contributed by atoms with Crippen LogP contribution in [0, 0.1) is 5.41 Å². The van der Waals surface area contributed by atoms with E-state index < -0.39 is 5.41 Å². The van der Waals surface area contributed by atoms with Crippen molar-refractivity contribution in [3.63, 3.8) is 0 Å². The number of aromatic amines is 1. The Labute approximate surface area is 163 Å². The van der Waals surface area contributed by atoms with Crippen molar-refractivity contribution in [3.05, 3.63) is 46.1 Å². The molecule has 3 aliphatic rings. The molecule has 2 aromatic heterocycles. The standard InChI is InChI=1S/C21H24N4O3/c1-20(12-28-13-20)19(27)25-9-3-6-21(11-25)7-5-15-16(21)23-17(24-18(15)26)14-4-2-8-22-10-14/h2,4,8,10H,3,5-7,9,11-13H2,1H3,(H,23,24,26). The maximum absolute atomic E-state index is 13.1. The Morgan fingerprint density at radius 3 is 2.89 bits per heavy atom. The van der Waals surface area contributed by atoms with Gasteiger partial charge in [-0.15, -0.1) is 0 Å². The molecule has 28 heavy (non-hydrogen) atoms. The monoisotopic (exact) mass is 380 g/mol.